The van der Waals surface area contributed by atoms with E-state index in [0.29, 0.717) is 5.56 Å². The molecule has 0 amide bonds. The second-order valence-electron chi connectivity index (χ2n) is 11.6. The van der Waals surface area contributed by atoms with Gasteiger partial charge < -0.3 is 0 Å². The summed E-state index contributed by atoms with van der Waals surface area (Å²) in [5.74, 6) is 0. The van der Waals surface area contributed by atoms with Crippen LogP contribution in [-0.4, -0.2) is 0 Å². The van der Waals surface area contributed by atoms with Gasteiger partial charge in [0, 0.05) is 40.3 Å². The molecule has 0 atom stereocenters. The van der Waals surface area contributed by atoms with Crippen molar-refractivity contribution >= 4 is 63.0 Å². The van der Waals surface area contributed by atoms with Crippen LogP contribution in [0.25, 0.3) is 84.9 Å². The minimum atomic E-state index is 0.671. The summed E-state index contributed by atoms with van der Waals surface area (Å²) in [6.45, 7) is 0. The molecule has 0 N–H and O–H groups in total. The van der Waals surface area contributed by atoms with E-state index in [9.17, 15) is 5.26 Å². The van der Waals surface area contributed by atoms with Gasteiger partial charge in [0.05, 0.1) is 11.6 Å². The summed E-state index contributed by atoms with van der Waals surface area (Å²) in [5.41, 5.74) is 9.53. The van der Waals surface area contributed by atoms with Gasteiger partial charge in [0.15, 0.2) is 0 Å². The average Bonchev–Trinajstić information content (AvgIpc) is 3.70. The highest BCUT2D eigenvalue weighted by Crippen LogP contribution is 2.45. The van der Waals surface area contributed by atoms with Crippen molar-refractivity contribution in [1.82, 2.24) is 0 Å². The van der Waals surface area contributed by atoms with Crippen LogP contribution in [0.1, 0.15) is 5.56 Å². The Morgan fingerprint density at radius 2 is 0.870 bits per heavy atom. The molecule has 2 heterocycles. The molecular weight excluding hydrogens is 595 g/mol. The molecule has 0 fully saturated rings. The van der Waals surface area contributed by atoms with Gasteiger partial charge in [-0.2, -0.15) is 5.26 Å². The minimum Gasteiger partial charge on any atom is -0.192 e. The molecule has 0 radical (unpaired) electrons. The molecule has 0 aliphatic carbocycles. The zero-order valence-electron chi connectivity index (χ0n) is 24.7. The van der Waals surface area contributed by atoms with Crippen molar-refractivity contribution in [2.75, 3.05) is 0 Å². The number of hydrogen-bond donors (Lipinski definition) is 0. The first-order valence-corrected chi connectivity index (χ1v) is 16.9. The van der Waals surface area contributed by atoms with Crippen molar-refractivity contribution in [2.24, 2.45) is 0 Å². The highest BCUT2D eigenvalue weighted by atomic mass is 32.1. The molecule has 46 heavy (non-hydrogen) atoms. The lowest BCUT2D eigenvalue weighted by Crippen LogP contribution is -1.90. The lowest BCUT2D eigenvalue weighted by atomic mass is 9.90. The third kappa shape index (κ3) is 4.35. The third-order valence-corrected chi connectivity index (χ3v) is 11.4. The van der Waals surface area contributed by atoms with E-state index in [1.165, 1.54) is 51.5 Å². The largest absolute Gasteiger partial charge is 0.192 e. The standard InChI is InChI=1S/C43H25NS2/c44-26-32-22-28(27-10-2-1-3-11-27)20-21-33(32)29-23-30(34-14-8-16-38-36-12-4-6-18-40(36)45-42(34)38)25-31(24-29)35-15-9-17-39-37-13-5-7-19-41(37)46-43(35)39/h1-25H. The molecular formula is C43H25NS2. The summed E-state index contributed by atoms with van der Waals surface area (Å²) >= 11 is 3.70. The third-order valence-electron chi connectivity index (χ3n) is 8.92. The van der Waals surface area contributed by atoms with Crippen molar-refractivity contribution in [1.29, 1.82) is 5.26 Å². The Kier molecular flexibility index (Phi) is 6.31. The second-order valence-corrected chi connectivity index (χ2v) is 13.7. The Morgan fingerprint density at radius 1 is 0.370 bits per heavy atom. The van der Waals surface area contributed by atoms with Gasteiger partial charge in [0.1, 0.15) is 0 Å². The molecule has 0 aliphatic heterocycles. The number of fused-ring (bicyclic) bond motifs is 6. The van der Waals surface area contributed by atoms with Crippen molar-refractivity contribution in [3.63, 3.8) is 0 Å². The maximum atomic E-state index is 10.4. The molecule has 0 spiro atoms. The first-order valence-electron chi connectivity index (χ1n) is 15.3. The molecule has 2 aromatic heterocycles. The first kappa shape index (κ1) is 26.8. The van der Waals surface area contributed by atoms with Gasteiger partial charge >= 0.3 is 0 Å². The van der Waals surface area contributed by atoms with Gasteiger partial charge in [-0.05, 0) is 80.9 Å². The normalized spacial score (nSPS) is 11.5. The van der Waals surface area contributed by atoms with Gasteiger partial charge in [-0.3, -0.25) is 0 Å². The van der Waals surface area contributed by atoms with Gasteiger partial charge in [-0.25, -0.2) is 0 Å². The van der Waals surface area contributed by atoms with Crippen molar-refractivity contribution in [3.8, 4) is 50.6 Å². The monoisotopic (exact) mass is 619 g/mol. The Hall–Kier alpha value is -5.53. The van der Waals surface area contributed by atoms with Crippen LogP contribution in [0.2, 0.25) is 0 Å². The molecule has 1 nitrogen and oxygen atoms in total. The molecule has 0 saturated carbocycles. The molecule has 9 aromatic rings. The first-order chi connectivity index (χ1) is 22.7. The highest BCUT2D eigenvalue weighted by Gasteiger charge is 2.17. The molecule has 0 aliphatic rings. The molecule has 214 valence electrons. The lowest BCUT2D eigenvalue weighted by Gasteiger charge is -2.14. The van der Waals surface area contributed by atoms with Crippen molar-refractivity contribution in [3.05, 3.63) is 157 Å². The van der Waals surface area contributed by atoms with Crippen LogP contribution in [0.3, 0.4) is 0 Å². The number of nitriles is 1. The summed E-state index contributed by atoms with van der Waals surface area (Å²) in [5, 5.41) is 15.6. The van der Waals surface area contributed by atoms with Gasteiger partial charge in [0.25, 0.3) is 0 Å². The summed E-state index contributed by atoms with van der Waals surface area (Å²) in [4.78, 5) is 0. The fourth-order valence-electron chi connectivity index (χ4n) is 6.74. The minimum absolute atomic E-state index is 0.671. The molecule has 0 bridgehead atoms. The molecule has 3 heteroatoms. The van der Waals surface area contributed by atoms with E-state index >= 15 is 0 Å². The lowest BCUT2D eigenvalue weighted by molar-refractivity contribution is 1.47. The predicted octanol–water partition coefficient (Wildman–Crippen LogP) is 13.0. The zero-order chi connectivity index (χ0) is 30.6. The van der Waals surface area contributed by atoms with Crippen molar-refractivity contribution < 1.29 is 0 Å². The van der Waals surface area contributed by atoms with Crippen LogP contribution in [-0.2, 0) is 0 Å². The van der Waals surface area contributed by atoms with E-state index in [0.717, 1.165) is 33.4 Å². The SMILES string of the molecule is N#Cc1cc(-c2ccccc2)ccc1-c1cc(-c2cccc3c2sc2ccccc23)cc(-c2cccc3c2sc2ccccc23)c1. The summed E-state index contributed by atoms with van der Waals surface area (Å²) in [7, 11) is 0. The zero-order valence-corrected chi connectivity index (χ0v) is 26.3. The second kappa shape index (κ2) is 10.8. The fraction of sp³-hybridized carbons (Fsp3) is 0. The van der Waals surface area contributed by atoms with Crippen LogP contribution in [0.4, 0.5) is 0 Å². The van der Waals surface area contributed by atoms with Crippen molar-refractivity contribution in [2.45, 2.75) is 0 Å². The van der Waals surface area contributed by atoms with E-state index in [1.54, 1.807) is 0 Å². The van der Waals surface area contributed by atoms with E-state index < -0.39 is 0 Å². The van der Waals surface area contributed by atoms with Crippen LogP contribution in [0.5, 0.6) is 0 Å². The van der Waals surface area contributed by atoms with Crippen LogP contribution >= 0.6 is 22.7 Å². The Balaban J connectivity index is 1.31. The van der Waals surface area contributed by atoms with Crippen LogP contribution in [0.15, 0.2) is 152 Å². The smallest absolute Gasteiger partial charge is 0.0998 e. The summed E-state index contributed by atoms with van der Waals surface area (Å²) in [6.07, 6.45) is 0. The van der Waals surface area contributed by atoms with E-state index in [-0.39, 0.29) is 0 Å². The van der Waals surface area contributed by atoms with Crippen LogP contribution in [0, 0.1) is 11.3 Å². The topological polar surface area (TPSA) is 23.8 Å². The van der Waals surface area contributed by atoms with Gasteiger partial charge in [-0.15, -0.1) is 22.7 Å². The summed E-state index contributed by atoms with van der Waals surface area (Å²) < 4.78 is 5.15. The molecule has 0 unspecified atom stereocenters. The Labute approximate surface area is 274 Å². The molecule has 0 saturated heterocycles. The Bertz CT molecular complexity index is 2520. The number of nitrogens with zero attached hydrogens (tertiary/aromatic N) is 1. The average molecular weight is 620 g/mol. The predicted molar refractivity (Wildman–Crippen MR) is 199 cm³/mol. The highest BCUT2D eigenvalue weighted by molar-refractivity contribution is 7.26. The summed E-state index contributed by atoms with van der Waals surface area (Å²) in [6, 6.07) is 56.6. The molecule has 9 rings (SSSR count). The van der Waals surface area contributed by atoms with Crippen LogP contribution < -0.4 is 0 Å². The number of hydrogen-bond acceptors (Lipinski definition) is 3. The number of benzene rings is 7. The number of rotatable bonds is 4. The maximum absolute atomic E-state index is 10.4. The number of thiophene rings is 2. The van der Waals surface area contributed by atoms with Gasteiger partial charge in [-0.1, -0.05) is 115 Å². The van der Waals surface area contributed by atoms with E-state index in [4.69, 9.17) is 0 Å². The van der Waals surface area contributed by atoms with E-state index in [1.807, 2.05) is 46.9 Å². The van der Waals surface area contributed by atoms with E-state index in [2.05, 4.69) is 133 Å². The quantitative estimate of drug-likeness (QED) is 0.192. The maximum Gasteiger partial charge on any atom is 0.0998 e. The Morgan fingerprint density at radius 3 is 1.43 bits per heavy atom. The van der Waals surface area contributed by atoms with Gasteiger partial charge in [0.2, 0.25) is 0 Å². The fourth-order valence-corrected chi connectivity index (χ4v) is 9.22. The molecule has 7 aromatic carbocycles.